The van der Waals surface area contributed by atoms with Crippen molar-refractivity contribution < 1.29 is 4.79 Å². The molecule has 6 heteroatoms. The lowest BCUT2D eigenvalue weighted by Crippen LogP contribution is -2.07. The zero-order valence-electron chi connectivity index (χ0n) is 14.1. The van der Waals surface area contributed by atoms with E-state index in [4.69, 9.17) is 11.6 Å². The van der Waals surface area contributed by atoms with Gasteiger partial charge in [-0.25, -0.2) is 9.97 Å². The van der Waals surface area contributed by atoms with Gasteiger partial charge in [-0.1, -0.05) is 23.7 Å². The van der Waals surface area contributed by atoms with Gasteiger partial charge in [-0.3, -0.25) is 4.79 Å². The zero-order valence-corrected chi connectivity index (χ0v) is 14.9. The Labute approximate surface area is 156 Å². The van der Waals surface area contributed by atoms with Crippen molar-refractivity contribution in [2.24, 2.45) is 0 Å². The van der Waals surface area contributed by atoms with Crippen molar-refractivity contribution in [3.63, 3.8) is 0 Å². The smallest absolute Gasteiger partial charge is 0.248 e. The average Bonchev–Trinajstić information content (AvgIpc) is 2.62. The summed E-state index contributed by atoms with van der Waals surface area (Å²) in [6, 6.07) is 16.5. The highest BCUT2D eigenvalue weighted by atomic mass is 35.5. The predicted molar refractivity (Wildman–Crippen MR) is 106 cm³/mol. The Kier molecular flexibility index (Phi) is 5.61. The van der Waals surface area contributed by atoms with Gasteiger partial charge in [0.25, 0.3) is 0 Å². The zero-order chi connectivity index (χ0) is 18.4. The van der Waals surface area contributed by atoms with Crippen LogP contribution >= 0.6 is 11.6 Å². The van der Waals surface area contributed by atoms with Gasteiger partial charge in [0.05, 0.1) is 0 Å². The summed E-state index contributed by atoms with van der Waals surface area (Å²) in [6.45, 7) is 1.91. The number of carbonyl (C=O) groups excluding carboxylic acids is 1. The van der Waals surface area contributed by atoms with E-state index in [1.807, 2.05) is 49.4 Å². The first kappa shape index (κ1) is 17.6. The van der Waals surface area contributed by atoms with Gasteiger partial charge >= 0.3 is 0 Å². The second kappa shape index (κ2) is 8.27. The molecule has 0 aliphatic rings. The molecule has 0 aliphatic carbocycles. The molecule has 0 aliphatic heterocycles. The Balaban J connectivity index is 1.59. The van der Waals surface area contributed by atoms with Crippen molar-refractivity contribution in [2.75, 3.05) is 10.6 Å². The molecule has 1 aromatic heterocycles. The summed E-state index contributed by atoms with van der Waals surface area (Å²) in [4.78, 5) is 20.2. The van der Waals surface area contributed by atoms with Crippen molar-refractivity contribution in [1.82, 2.24) is 9.97 Å². The van der Waals surface area contributed by atoms with Crippen molar-refractivity contribution in [1.29, 1.82) is 0 Å². The van der Waals surface area contributed by atoms with Crippen molar-refractivity contribution in [2.45, 2.75) is 6.92 Å². The average molecular weight is 365 g/mol. The minimum Gasteiger partial charge on any atom is -0.340 e. The second-order valence-corrected chi connectivity index (χ2v) is 6.06. The number of amides is 1. The lowest BCUT2D eigenvalue weighted by atomic mass is 10.2. The number of nitrogens with zero attached hydrogens (tertiary/aromatic N) is 2. The van der Waals surface area contributed by atoms with E-state index in [0.717, 1.165) is 22.8 Å². The Bertz CT molecular complexity index is 939. The molecule has 0 atom stereocenters. The lowest BCUT2D eigenvalue weighted by Gasteiger charge is -2.07. The van der Waals surface area contributed by atoms with E-state index in [2.05, 4.69) is 20.6 Å². The summed E-state index contributed by atoms with van der Waals surface area (Å²) in [6.07, 6.45) is 4.70. The van der Waals surface area contributed by atoms with Crippen LogP contribution < -0.4 is 10.6 Å². The molecular weight excluding hydrogens is 348 g/mol. The number of halogens is 1. The van der Waals surface area contributed by atoms with E-state index in [9.17, 15) is 4.79 Å². The molecule has 0 radical (unpaired) electrons. The first-order valence-electron chi connectivity index (χ1n) is 7.99. The van der Waals surface area contributed by atoms with Crippen LogP contribution in [0.1, 0.15) is 11.3 Å². The molecule has 5 nitrogen and oxygen atoms in total. The number of rotatable bonds is 5. The van der Waals surface area contributed by atoms with E-state index in [1.165, 1.54) is 12.4 Å². The predicted octanol–water partition coefficient (Wildman–Crippen LogP) is 4.83. The maximum atomic E-state index is 12.0. The van der Waals surface area contributed by atoms with E-state index in [0.29, 0.717) is 10.7 Å². The molecule has 3 rings (SSSR count). The van der Waals surface area contributed by atoms with Crippen LogP contribution in [0.15, 0.2) is 67.0 Å². The van der Waals surface area contributed by atoms with E-state index < -0.39 is 0 Å². The maximum Gasteiger partial charge on any atom is 0.248 e. The molecule has 3 aromatic rings. The second-order valence-electron chi connectivity index (χ2n) is 5.62. The molecule has 2 N–H and O–H groups in total. The van der Waals surface area contributed by atoms with Crippen LogP contribution in [0.4, 0.5) is 17.2 Å². The topological polar surface area (TPSA) is 66.9 Å². The third kappa shape index (κ3) is 5.16. The standard InChI is InChI=1S/C20H17ClN4O/c1-14-11-19(23-13-22-14)24-17-6-8-18(9-7-17)25-20(26)10-5-15-3-2-4-16(21)12-15/h2-13H,1H3,(H,25,26)(H,22,23,24)/b10-5+. The fraction of sp³-hybridized carbons (Fsp3) is 0.0500. The number of carbonyl (C=O) groups is 1. The van der Waals surface area contributed by atoms with E-state index >= 15 is 0 Å². The number of benzene rings is 2. The van der Waals surface area contributed by atoms with Gasteiger partial charge in [0.1, 0.15) is 12.1 Å². The largest absolute Gasteiger partial charge is 0.340 e. The van der Waals surface area contributed by atoms with Gasteiger partial charge in [-0.2, -0.15) is 0 Å². The molecule has 1 amide bonds. The summed E-state index contributed by atoms with van der Waals surface area (Å²) < 4.78 is 0. The highest BCUT2D eigenvalue weighted by molar-refractivity contribution is 6.30. The number of hydrogen-bond acceptors (Lipinski definition) is 4. The van der Waals surface area contributed by atoms with Crippen LogP contribution in [0.3, 0.4) is 0 Å². The fourth-order valence-corrected chi connectivity index (χ4v) is 2.47. The monoisotopic (exact) mass is 364 g/mol. The number of nitrogens with one attached hydrogen (secondary N) is 2. The van der Waals surface area contributed by atoms with Gasteiger partial charge in [0.2, 0.25) is 5.91 Å². The molecule has 2 aromatic carbocycles. The van der Waals surface area contributed by atoms with Crippen molar-refractivity contribution in [3.05, 3.63) is 83.3 Å². The third-order valence-electron chi connectivity index (χ3n) is 3.50. The Hall–Kier alpha value is -3.18. The van der Waals surface area contributed by atoms with Crippen LogP contribution in [0.2, 0.25) is 5.02 Å². The summed E-state index contributed by atoms with van der Waals surface area (Å²) in [5.41, 5.74) is 3.33. The van der Waals surface area contributed by atoms with Crippen LogP contribution in [-0.2, 0) is 4.79 Å². The normalized spacial score (nSPS) is 10.7. The molecule has 26 heavy (non-hydrogen) atoms. The first-order valence-corrected chi connectivity index (χ1v) is 8.37. The van der Waals surface area contributed by atoms with Gasteiger partial charge in [-0.15, -0.1) is 0 Å². The first-order chi connectivity index (χ1) is 12.6. The minimum atomic E-state index is -0.211. The summed E-state index contributed by atoms with van der Waals surface area (Å²) >= 11 is 5.92. The fourth-order valence-electron chi connectivity index (χ4n) is 2.27. The third-order valence-corrected chi connectivity index (χ3v) is 3.74. The van der Waals surface area contributed by atoms with Crippen LogP contribution in [0, 0.1) is 6.92 Å². The SMILES string of the molecule is Cc1cc(Nc2ccc(NC(=O)/C=C/c3cccc(Cl)c3)cc2)ncn1. The maximum absolute atomic E-state index is 12.0. The number of anilines is 3. The molecule has 0 saturated carbocycles. The molecule has 0 saturated heterocycles. The lowest BCUT2D eigenvalue weighted by molar-refractivity contribution is -0.111. The molecular formula is C20H17ClN4O. The van der Waals surface area contributed by atoms with E-state index in [1.54, 1.807) is 18.2 Å². The Morgan fingerprint density at radius 1 is 1.04 bits per heavy atom. The van der Waals surface area contributed by atoms with Gasteiger partial charge < -0.3 is 10.6 Å². The Morgan fingerprint density at radius 3 is 2.54 bits per heavy atom. The molecule has 0 unspecified atom stereocenters. The summed E-state index contributed by atoms with van der Waals surface area (Å²) in [5, 5.41) is 6.64. The van der Waals surface area contributed by atoms with Gasteiger partial charge in [0.15, 0.2) is 0 Å². The van der Waals surface area contributed by atoms with Crippen LogP contribution in [-0.4, -0.2) is 15.9 Å². The quantitative estimate of drug-likeness (QED) is 0.636. The number of aryl methyl sites for hydroxylation is 1. The molecule has 0 fully saturated rings. The van der Waals surface area contributed by atoms with E-state index in [-0.39, 0.29) is 5.91 Å². The molecule has 130 valence electrons. The minimum absolute atomic E-state index is 0.211. The van der Waals surface area contributed by atoms with Gasteiger partial charge in [-0.05, 0) is 55.0 Å². The number of hydrogen-bond donors (Lipinski definition) is 2. The van der Waals surface area contributed by atoms with Crippen molar-refractivity contribution >= 4 is 40.8 Å². The molecule has 0 spiro atoms. The van der Waals surface area contributed by atoms with Gasteiger partial charge in [0, 0.05) is 34.2 Å². The van der Waals surface area contributed by atoms with Crippen molar-refractivity contribution in [3.8, 4) is 0 Å². The Morgan fingerprint density at radius 2 is 1.81 bits per heavy atom. The highest BCUT2D eigenvalue weighted by Gasteiger charge is 2.00. The van der Waals surface area contributed by atoms with Crippen LogP contribution in [0.25, 0.3) is 6.08 Å². The summed E-state index contributed by atoms with van der Waals surface area (Å²) in [7, 11) is 0. The molecule has 0 bridgehead atoms. The number of aromatic nitrogens is 2. The summed E-state index contributed by atoms with van der Waals surface area (Å²) in [5.74, 6) is 0.510. The molecule has 1 heterocycles. The van der Waals surface area contributed by atoms with Crippen LogP contribution in [0.5, 0.6) is 0 Å². The highest BCUT2D eigenvalue weighted by Crippen LogP contribution is 2.18.